The van der Waals surface area contributed by atoms with E-state index in [9.17, 15) is 18.0 Å². The van der Waals surface area contributed by atoms with E-state index in [1.807, 2.05) is 0 Å². The predicted octanol–water partition coefficient (Wildman–Crippen LogP) is -1.000. The van der Waals surface area contributed by atoms with E-state index in [0.29, 0.717) is 6.42 Å². The van der Waals surface area contributed by atoms with Crippen LogP contribution in [0.3, 0.4) is 0 Å². The molecule has 0 fully saturated rings. The molecule has 0 amide bonds. The van der Waals surface area contributed by atoms with Gasteiger partial charge in [-0.05, 0) is 12.1 Å². The minimum Gasteiger partial charge on any atom is -0.302 e. The molecule has 0 aromatic carbocycles. The predicted molar refractivity (Wildman–Crippen MR) is 80.1 cm³/mol. The molecule has 0 spiro atoms. The van der Waals surface area contributed by atoms with Crippen LogP contribution in [-0.2, 0) is 30.5 Å². The summed E-state index contributed by atoms with van der Waals surface area (Å²) in [7, 11) is -1.38. The number of rotatable bonds is 5. The quantitative estimate of drug-likeness (QED) is 0.760. The minimum absolute atomic E-state index is 0.103. The average Bonchev–Trinajstić information content (AvgIpc) is 2.49. The van der Waals surface area contributed by atoms with Crippen LogP contribution in [0.5, 0.6) is 0 Å². The smallest absolute Gasteiger partial charge is 0.302 e. The van der Waals surface area contributed by atoms with Crippen molar-refractivity contribution >= 4 is 10.0 Å². The van der Waals surface area contributed by atoms with E-state index in [1.165, 1.54) is 14.1 Å². The van der Waals surface area contributed by atoms with Crippen molar-refractivity contribution in [1.82, 2.24) is 18.8 Å². The zero-order chi connectivity index (χ0) is 16.3. The maximum absolute atomic E-state index is 12.2. The van der Waals surface area contributed by atoms with Crippen molar-refractivity contribution < 1.29 is 8.42 Å². The molecule has 0 radical (unpaired) electrons. The SMILES string of the molecule is Cn1cc(S(=O)(=O)NCCc2ccccn2)c(=O)n(C)c1=O. The van der Waals surface area contributed by atoms with Crippen LogP contribution in [0.4, 0.5) is 0 Å². The molecule has 0 unspecified atom stereocenters. The van der Waals surface area contributed by atoms with Gasteiger partial charge in [-0.1, -0.05) is 6.07 Å². The number of aryl methyl sites for hydroxylation is 1. The minimum atomic E-state index is -3.99. The van der Waals surface area contributed by atoms with Crippen LogP contribution in [0, 0.1) is 0 Å². The van der Waals surface area contributed by atoms with Crippen LogP contribution in [0.15, 0.2) is 45.1 Å². The van der Waals surface area contributed by atoms with E-state index in [2.05, 4.69) is 9.71 Å². The summed E-state index contributed by atoms with van der Waals surface area (Å²) in [4.78, 5) is 27.1. The molecule has 0 bridgehead atoms. The standard InChI is InChI=1S/C13H16N4O4S/c1-16-9-11(12(18)17(2)13(16)19)22(20,21)15-8-6-10-5-3-4-7-14-10/h3-5,7,9,15H,6,8H2,1-2H3. The Kier molecular flexibility index (Phi) is 4.57. The summed E-state index contributed by atoms with van der Waals surface area (Å²) in [5.41, 5.74) is -0.704. The van der Waals surface area contributed by atoms with Gasteiger partial charge in [-0.25, -0.2) is 17.9 Å². The normalized spacial score (nSPS) is 11.5. The van der Waals surface area contributed by atoms with Crippen molar-refractivity contribution in [3.63, 3.8) is 0 Å². The molecule has 2 aromatic heterocycles. The number of nitrogens with zero attached hydrogens (tertiary/aromatic N) is 3. The first-order chi connectivity index (χ1) is 10.3. The van der Waals surface area contributed by atoms with Gasteiger partial charge < -0.3 is 4.57 Å². The number of sulfonamides is 1. The lowest BCUT2D eigenvalue weighted by atomic mass is 10.3. The molecule has 2 heterocycles. The van der Waals surface area contributed by atoms with Crippen LogP contribution in [0.2, 0.25) is 0 Å². The summed E-state index contributed by atoms with van der Waals surface area (Å²) in [6.07, 6.45) is 3.03. The molecule has 0 aliphatic heterocycles. The second-order valence-electron chi connectivity index (χ2n) is 4.72. The molecule has 1 N–H and O–H groups in total. The molecule has 0 saturated carbocycles. The van der Waals surface area contributed by atoms with Crippen molar-refractivity contribution in [3.8, 4) is 0 Å². The molecule has 9 heteroatoms. The fourth-order valence-corrected chi connectivity index (χ4v) is 3.09. The third-order valence-electron chi connectivity index (χ3n) is 3.10. The van der Waals surface area contributed by atoms with Crippen molar-refractivity contribution in [2.24, 2.45) is 14.1 Å². The maximum atomic E-state index is 12.2. The summed E-state index contributed by atoms with van der Waals surface area (Å²) in [5, 5.41) is 0. The molecule has 2 aromatic rings. The summed E-state index contributed by atoms with van der Waals surface area (Å²) < 4.78 is 28.5. The average molecular weight is 324 g/mol. The number of hydrogen-bond acceptors (Lipinski definition) is 5. The van der Waals surface area contributed by atoms with Gasteiger partial charge in [0.15, 0.2) is 4.90 Å². The number of nitrogens with one attached hydrogen (secondary N) is 1. The number of pyridine rings is 1. The molecule has 2 rings (SSSR count). The van der Waals surface area contributed by atoms with Gasteiger partial charge in [-0.2, -0.15) is 0 Å². The second kappa shape index (κ2) is 6.24. The molecule has 0 atom stereocenters. The fourth-order valence-electron chi connectivity index (χ4n) is 1.90. The van der Waals surface area contributed by atoms with Crippen LogP contribution in [0.25, 0.3) is 0 Å². The third kappa shape index (κ3) is 3.31. The van der Waals surface area contributed by atoms with Crippen molar-refractivity contribution in [1.29, 1.82) is 0 Å². The Hall–Kier alpha value is -2.26. The van der Waals surface area contributed by atoms with E-state index in [-0.39, 0.29) is 6.54 Å². The zero-order valence-corrected chi connectivity index (χ0v) is 13.0. The molecule has 8 nitrogen and oxygen atoms in total. The first kappa shape index (κ1) is 16.1. The molecule has 0 saturated heterocycles. The van der Waals surface area contributed by atoms with E-state index in [1.54, 1.807) is 24.4 Å². The maximum Gasteiger partial charge on any atom is 0.330 e. The van der Waals surface area contributed by atoms with E-state index >= 15 is 0 Å². The first-order valence-corrected chi connectivity index (χ1v) is 7.97. The van der Waals surface area contributed by atoms with Crippen molar-refractivity contribution in [3.05, 3.63) is 57.1 Å². The molecule has 0 aliphatic rings. The van der Waals surface area contributed by atoms with Crippen LogP contribution in [-0.4, -0.2) is 29.1 Å². The second-order valence-corrected chi connectivity index (χ2v) is 6.46. The highest BCUT2D eigenvalue weighted by molar-refractivity contribution is 7.89. The van der Waals surface area contributed by atoms with Gasteiger partial charge in [0, 0.05) is 45.1 Å². The van der Waals surface area contributed by atoms with E-state index < -0.39 is 26.2 Å². The summed E-state index contributed by atoms with van der Waals surface area (Å²) >= 11 is 0. The highest BCUT2D eigenvalue weighted by Crippen LogP contribution is 2.01. The lowest BCUT2D eigenvalue weighted by molar-refractivity contribution is 0.570. The summed E-state index contributed by atoms with van der Waals surface area (Å²) in [6, 6.07) is 5.35. The van der Waals surface area contributed by atoms with Gasteiger partial charge in [0.2, 0.25) is 10.0 Å². The van der Waals surface area contributed by atoms with Crippen LogP contribution < -0.4 is 16.0 Å². The van der Waals surface area contributed by atoms with Crippen LogP contribution >= 0.6 is 0 Å². The topological polar surface area (TPSA) is 103 Å². The van der Waals surface area contributed by atoms with Crippen molar-refractivity contribution in [2.45, 2.75) is 11.3 Å². The monoisotopic (exact) mass is 324 g/mol. The Morgan fingerprint density at radius 2 is 1.95 bits per heavy atom. The Morgan fingerprint density at radius 1 is 1.23 bits per heavy atom. The molecule has 118 valence electrons. The number of aromatic nitrogens is 3. The van der Waals surface area contributed by atoms with Gasteiger partial charge in [0.25, 0.3) is 5.56 Å². The molecular weight excluding hydrogens is 308 g/mol. The Bertz CT molecular complexity index is 884. The number of hydrogen-bond donors (Lipinski definition) is 1. The zero-order valence-electron chi connectivity index (χ0n) is 12.2. The summed E-state index contributed by atoms with van der Waals surface area (Å²) in [6.45, 7) is 0.103. The van der Waals surface area contributed by atoms with Gasteiger partial charge >= 0.3 is 5.69 Å². The first-order valence-electron chi connectivity index (χ1n) is 6.49. The highest BCUT2D eigenvalue weighted by atomic mass is 32.2. The van der Waals surface area contributed by atoms with Crippen molar-refractivity contribution in [2.75, 3.05) is 6.54 Å². The third-order valence-corrected chi connectivity index (χ3v) is 4.55. The lowest BCUT2D eigenvalue weighted by Crippen LogP contribution is -2.41. The van der Waals surface area contributed by atoms with Gasteiger partial charge in [0.1, 0.15) is 0 Å². The van der Waals surface area contributed by atoms with Gasteiger partial charge in [-0.3, -0.25) is 14.3 Å². The molecule has 0 aliphatic carbocycles. The van der Waals surface area contributed by atoms with E-state index in [4.69, 9.17) is 0 Å². The fraction of sp³-hybridized carbons (Fsp3) is 0.308. The summed E-state index contributed by atoms with van der Waals surface area (Å²) in [5.74, 6) is 0. The van der Waals surface area contributed by atoms with Crippen LogP contribution in [0.1, 0.15) is 5.69 Å². The Morgan fingerprint density at radius 3 is 2.59 bits per heavy atom. The highest BCUT2D eigenvalue weighted by Gasteiger charge is 2.20. The molecular formula is C13H16N4O4S. The lowest BCUT2D eigenvalue weighted by Gasteiger charge is -2.09. The van der Waals surface area contributed by atoms with E-state index in [0.717, 1.165) is 21.0 Å². The van der Waals surface area contributed by atoms with Gasteiger partial charge in [0.05, 0.1) is 0 Å². The Labute approximate surface area is 127 Å². The van der Waals surface area contributed by atoms with Gasteiger partial charge in [-0.15, -0.1) is 0 Å². The Balaban J connectivity index is 2.21. The largest absolute Gasteiger partial charge is 0.330 e. The molecule has 22 heavy (non-hydrogen) atoms.